The topological polar surface area (TPSA) is 38.2 Å². The molecule has 0 radical (unpaired) electrons. The molecule has 2 heterocycles. The number of methoxy groups -OCH3 is 1. The van der Waals surface area contributed by atoms with Gasteiger partial charge in [-0.2, -0.15) is 0 Å². The van der Waals surface area contributed by atoms with Gasteiger partial charge in [0.2, 0.25) is 0 Å². The Labute approximate surface area is 177 Å². The van der Waals surface area contributed by atoms with Gasteiger partial charge in [-0.25, -0.2) is 0 Å². The summed E-state index contributed by atoms with van der Waals surface area (Å²) in [4.78, 5) is 11.8. The lowest BCUT2D eigenvalue weighted by molar-refractivity contribution is 0.114. The predicted molar refractivity (Wildman–Crippen MR) is 116 cm³/mol. The minimum absolute atomic E-state index is 0.178. The van der Waals surface area contributed by atoms with Crippen LogP contribution in [0, 0.1) is 0 Å². The lowest BCUT2D eigenvalue weighted by atomic mass is 9.89. The molecule has 5 heteroatoms. The predicted octanol–water partition coefficient (Wildman–Crippen LogP) is 5.78. The van der Waals surface area contributed by atoms with Crippen LogP contribution in [0.1, 0.15) is 54.4 Å². The monoisotopic (exact) mass is 407 g/mol. The number of pyridine rings is 2. The normalized spacial score (nSPS) is 17.0. The highest BCUT2D eigenvalue weighted by atomic mass is 35.5. The molecule has 1 aliphatic rings. The third-order valence-corrected chi connectivity index (χ3v) is 6.17. The number of hydrogen-bond donors (Lipinski definition) is 0. The van der Waals surface area contributed by atoms with Gasteiger partial charge in [-0.15, -0.1) is 0 Å². The number of fused-ring (bicyclic) bond motifs is 1. The van der Waals surface area contributed by atoms with E-state index in [1.54, 1.807) is 7.11 Å². The molecule has 4 nitrogen and oxygen atoms in total. The van der Waals surface area contributed by atoms with E-state index < -0.39 is 0 Å². The molecule has 0 fully saturated rings. The van der Waals surface area contributed by atoms with Crippen LogP contribution in [0.5, 0.6) is 5.75 Å². The highest BCUT2D eigenvalue weighted by molar-refractivity contribution is 6.31. The van der Waals surface area contributed by atoms with Crippen LogP contribution < -0.4 is 4.74 Å². The fraction of sp³-hybridized carbons (Fsp3) is 0.333. The van der Waals surface area contributed by atoms with Crippen LogP contribution >= 0.6 is 11.6 Å². The smallest absolute Gasteiger partial charge is 0.118 e. The molecule has 1 unspecified atom stereocenters. The molecule has 0 amide bonds. The molecule has 1 aromatic carbocycles. The molecule has 0 saturated heterocycles. The summed E-state index contributed by atoms with van der Waals surface area (Å²) in [6, 6.07) is 16.7. The fourth-order valence-corrected chi connectivity index (χ4v) is 4.39. The number of nitrogens with zero attached hydrogens (tertiary/aromatic N) is 3. The van der Waals surface area contributed by atoms with Gasteiger partial charge < -0.3 is 4.74 Å². The van der Waals surface area contributed by atoms with Crippen LogP contribution in [0.15, 0.2) is 60.9 Å². The van der Waals surface area contributed by atoms with Crippen molar-refractivity contribution >= 4 is 11.6 Å². The van der Waals surface area contributed by atoms with Gasteiger partial charge in [0.15, 0.2) is 0 Å². The second kappa shape index (κ2) is 8.93. The SMILES string of the molecule is COc1ccc([C@H](C)N(Cc2ncccc2Cl)C2CCCc3cccnc32)cc1. The molecule has 0 N–H and O–H groups in total. The summed E-state index contributed by atoms with van der Waals surface area (Å²) in [6.07, 6.45) is 7.04. The van der Waals surface area contributed by atoms with Crippen LogP contribution in [0.3, 0.4) is 0 Å². The van der Waals surface area contributed by atoms with Crippen molar-refractivity contribution in [2.45, 2.75) is 44.8 Å². The molecule has 4 rings (SSSR count). The van der Waals surface area contributed by atoms with E-state index in [4.69, 9.17) is 21.3 Å². The maximum absolute atomic E-state index is 6.48. The van der Waals surface area contributed by atoms with Crippen molar-refractivity contribution < 1.29 is 4.74 Å². The van der Waals surface area contributed by atoms with E-state index in [2.05, 4.69) is 35.0 Å². The van der Waals surface area contributed by atoms with Gasteiger partial charge in [-0.1, -0.05) is 29.8 Å². The van der Waals surface area contributed by atoms with Crippen LogP contribution in [0.2, 0.25) is 5.02 Å². The molecular formula is C24H26ClN3O. The van der Waals surface area contributed by atoms with Crippen molar-refractivity contribution in [3.8, 4) is 5.75 Å². The van der Waals surface area contributed by atoms with Crippen molar-refractivity contribution in [3.63, 3.8) is 0 Å². The molecule has 29 heavy (non-hydrogen) atoms. The first-order valence-electron chi connectivity index (χ1n) is 10.1. The van der Waals surface area contributed by atoms with E-state index in [1.165, 1.54) is 16.8 Å². The maximum Gasteiger partial charge on any atom is 0.118 e. The average molecular weight is 408 g/mol. The molecule has 0 saturated carbocycles. The van der Waals surface area contributed by atoms with E-state index in [-0.39, 0.29) is 12.1 Å². The van der Waals surface area contributed by atoms with E-state index in [9.17, 15) is 0 Å². The quantitative estimate of drug-likeness (QED) is 0.519. The van der Waals surface area contributed by atoms with E-state index in [0.717, 1.165) is 30.7 Å². The average Bonchev–Trinajstić information content (AvgIpc) is 2.78. The molecule has 2 aromatic heterocycles. The van der Waals surface area contributed by atoms with E-state index in [0.29, 0.717) is 11.6 Å². The Morgan fingerprint density at radius 3 is 2.62 bits per heavy atom. The summed E-state index contributed by atoms with van der Waals surface area (Å²) in [5, 5.41) is 0.705. The molecule has 1 aliphatic carbocycles. The zero-order chi connectivity index (χ0) is 20.2. The molecule has 150 valence electrons. The number of halogens is 1. The Bertz CT molecular complexity index is 960. The Morgan fingerprint density at radius 1 is 1.10 bits per heavy atom. The third-order valence-electron chi connectivity index (χ3n) is 5.83. The molecule has 2 atom stereocenters. The zero-order valence-electron chi connectivity index (χ0n) is 16.9. The van der Waals surface area contributed by atoms with Crippen LogP contribution in [0.4, 0.5) is 0 Å². The van der Waals surface area contributed by atoms with Gasteiger partial charge in [-0.05, 0) is 67.6 Å². The number of ether oxygens (including phenoxy) is 1. The first-order chi connectivity index (χ1) is 14.2. The lowest BCUT2D eigenvalue weighted by Crippen LogP contribution is -2.34. The Kier molecular flexibility index (Phi) is 6.12. The van der Waals surface area contributed by atoms with Gasteiger partial charge in [0.25, 0.3) is 0 Å². The minimum atomic E-state index is 0.178. The van der Waals surface area contributed by atoms with E-state index >= 15 is 0 Å². The first kappa shape index (κ1) is 19.9. The summed E-state index contributed by atoms with van der Waals surface area (Å²) < 4.78 is 5.33. The standard InChI is InChI=1S/C24H26ClN3O/c1-17(18-10-12-20(29-2)13-11-18)28(16-22-21(25)8-5-14-26-22)23-9-3-6-19-7-4-15-27-24(19)23/h4-5,7-8,10-15,17,23H,3,6,9,16H2,1-2H3/t17-,23?/m0/s1. The van der Waals surface area contributed by atoms with Gasteiger partial charge >= 0.3 is 0 Å². The number of aryl methyl sites for hydroxylation is 1. The zero-order valence-corrected chi connectivity index (χ0v) is 17.6. The Morgan fingerprint density at radius 2 is 1.86 bits per heavy atom. The molecular weight excluding hydrogens is 382 g/mol. The molecule has 0 bridgehead atoms. The van der Waals surface area contributed by atoms with Crippen LogP contribution in [-0.2, 0) is 13.0 Å². The molecule has 0 spiro atoms. The summed E-state index contributed by atoms with van der Waals surface area (Å²) in [7, 11) is 1.69. The highest BCUT2D eigenvalue weighted by Gasteiger charge is 2.31. The number of hydrogen-bond acceptors (Lipinski definition) is 4. The summed E-state index contributed by atoms with van der Waals surface area (Å²) >= 11 is 6.48. The van der Waals surface area contributed by atoms with Crippen LogP contribution in [-0.4, -0.2) is 22.0 Å². The van der Waals surface area contributed by atoms with E-state index in [1.807, 2.05) is 42.7 Å². The molecule has 0 aliphatic heterocycles. The largest absolute Gasteiger partial charge is 0.497 e. The van der Waals surface area contributed by atoms with Crippen molar-refractivity contribution in [2.24, 2.45) is 0 Å². The Balaban J connectivity index is 1.72. The second-order valence-electron chi connectivity index (χ2n) is 7.51. The number of rotatable bonds is 6. The minimum Gasteiger partial charge on any atom is -0.497 e. The summed E-state index contributed by atoms with van der Waals surface area (Å²) in [5.74, 6) is 0.866. The van der Waals surface area contributed by atoms with Crippen molar-refractivity contribution in [1.29, 1.82) is 0 Å². The maximum atomic E-state index is 6.48. The number of benzene rings is 1. The lowest BCUT2D eigenvalue weighted by Gasteiger charge is -2.39. The molecule has 3 aromatic rings. The van der Waals surface area contributed by atoms with Gasteiger partial charge in [-0.3, -0.25) is 14.9 Å². The fourth-order valence-electron chi connectivity index (χ4n) is 4.21. The highest BCUT2D eigenvalue weighted by Crippen LogP contribution is 2.39. The number of aromatic nitrogens is 2. The third kappa shape index (κ3) is 4.29. The second-order valence-corrected chi connectivity index (χ2v) is 7.92. The van der Waals surface area contributed by atoms with Crippen molar-refractivity contribution in [1.82, 2.24) is 14.9 Å². The van der Waals surface area contributed by atoms with Crippen molar-refractivity contribution in [3.05, 3.63) is 88.5 Å². The Hall–Kier alpha value is -2.43. The summed E-state index contributed by atoms with van der Waals surface area (Å²) in [5.41, 5.74) is 4.67. The van der Waals surface area contributed by atoms with Crippen molar-refractivity contribution in [2.75, 3.05) is 7.11 Å². The van der Waals surface area contributed by atoms with Gasteiger partial charge in [0.05, 0.1) is 29.6 Å². The van der Waals surface area contributed by atoms with Crippen LogP contribution in [0.25, 0.3) is 0 Å². The summed E-state index contributed by atoms with van der Waals surface area (Å²) in [6.45, 7) is 2.92. The first-order valence-corrected chi connectivity index (χ1v) is 10.5. The van der Waals surface area contributed by atoms with Gasteiger partial charge in [0.1, 0.15) is 5.75 Å². The van der Waals surface area contributed by atoms with Gasteiger partial charge in [0, 0.05) is 25.0 Å².